The van der Waals surface area contributed by atoms with Gasteiger partial charge < -0.3 is 4.42 Å². The van der Waals surface area contributed by atoms with Crippen molar-refractivity contribution in [1.29, 1.82) is 0 Å². The van der Waals surface area contributed by atoms with Crippen LogP contribution in [-0.4, -0.2) is 4.68 Å². The molecule has 1 heterocycles. The van der Waals surface area contributed by atoms with Gasteiger partial charge in [-0.15, -0.1) is 0 Å². The van der Waals surface area contributed by atoms with E-state index in [1.807, 2.05) is 30.3 Å². The van der Waals surface area contributed by atoms with Crippen LogP contribution in [0.4, 0.5) is 5.69 Å². The molecule has 0 aliphatic heterocycles. The molecule has 4 nitrogen and oxygen atoms in total. The van der Waals surface area contributed by atoms with Gasteiger partial charge in [0.05, 0.1) is 11.1 Å². The molecule has 0 bridgehead atoms. The Morgan fingerprint density at radius 2 is 1.68 bits per heavy atom. The summed E-state index contributed by atoms with van der Waals surface area (Å²) in [5.41, 5.74) is 3.97. The fraction of sp³-hybridized carbons (Fsp3) is 0. The third-order valence-electron chi connectivity index (χ3n) is 2.72. The highest BCUT2D eigenvalue weighted by atomic mass is 32.1. The Labute approximate surface area is 113 Å². The summed E-state index contributed by atoms with van der Waals surface area (Å²) in [6.45, 7) is 0. The van der Waals surface area contributed by atoms with Crippen LogP contribution in [0.15, 0.2) is 63.8 Å². The maximum atomic E-state index is 12.3. The molecule has 2 aromatic carbocycles. The normalized spacial score (nSPS) is 10.5. The van der Waals surface area contributed by atoms with E-state index < -0.39 is 0 Å². The monoisotopic (exact) mass is 270 g/mol. The molecule has 0 radical (unpaired) electrons. The molecule has 0 spiro atoms. The van der Waals surface area contributed by atoms with Crippen molar-refractivity contribution in [3.8, 4) is 0 Å². The van der Waals surface area contributed by atoms with E-state index in [0.29, 0.717) is 11.0 Å². The van der Waals surface area contributed by atoms with E-state index in [0.717, 1.165) is 5.69 Å². The minimum atomic E-state index is -0.226. The lowest BCUT2D eigenvalue weighted by molar-refractivity contribution is 0.522. The fourth-order valence-corrected chi connectivity index (χ4v) is 2.03. The maximum Gasteiger partial charge on any atom is 0.291 e. The number of para-hydroxylation sites is 2. The number of nitrogens with one attached hydrogen (secondary N) is 1. The van der Waals surface area contributed by atoms with E-state index in [-0.39, 0.29) is 10.4 Å². The average molecular weight is 270 g/mol. The third kappa shape index (κ3) is 2.15. The van der Waals surface area contributed by atoms with Gasteiger partial charge in [0.1, 0.15) is 5.58 Å². The molecular weight excluding hydrogens is 260 g/mol. The van der Waals surface area contributed by atoms with E-state index in [1.165, 1.54) is 4.68 Å². The molecule has 19 heavy (non-hydrogen) atoms. The molecule has 0 saturated carbocycles. The van der Waals surface area contributed by atoms with Crippen LogP contribution < -0.4 is 11.0 Å². The third-order valence-corrected chi connectivity index (χ3v) is 2.98. The second-order valence-electron chi connectivity index (χ2n) is 3.98. The number of rotatable bonds is 2. The van der Waals surface area contributed by atoms with Crippen molar-refractivity contribution >= 4 is 28.9 Å². The van der Waals surface area contributed by atoms with Crippen LogP contribution >= 0.6 is 12.2 Å². The quantitative estimate of drug-likeness (QED) is 0.726. The molecule has 0 unspecified atom stereocenters. The SMILES string of the molecule is O=c1c2ccccc2oc(=S)n1Nc1ccccc1. The highest BCUT2D eigenvalue weighted by Crippen LogP contribution is 2.11. The number of nitrogens with zero attached hydrogens (tertiary/aromatic N) is 1. The Bertz CT molecular complexity index is 837. The summed E-state index contributed by atoms with van der Waals surface area (Å²) >= 11 is 5.10. The predicted molar refractivity (Wildman–Crippen MR) is 76.8 cm³/mol. The van der Waals surface area contributed by atoms with Crippen LogP contribution in [0.25, 0.3) is 11.0 Å². The van der Waals surface area contributed by atoms with Crippen LogP contribution in [-0.2, 0) is 0 Å². The summed E-state index contributed by atoms with van der Waals surface area (Å²) in [5.74, 6) is 0. The zero-order valence-corrected chi connectivity index (χ0v) is 10.7. The van der Waals surface area contributed by atoms with Gasteiger partial charge in [0.2, 0.25) is 0 Å². The second-order valence-corrected chi connectivity index (χ2v) is 4.33. The predicted octanol–water partition coefficient (Wildman–Crippen LogP) is 3.20. The Morgan fingerprint density at radius 3 is 2.47 bits per heavy atom. The largest absolute Gasteiger partial charge is 0.429 e. The number of hydrogen-bond donors (Lipinski definition) is 1. The minimum Gasteiger partial charge on any atom is -0.429 e. The average Bonchev–Trinajstić information content (AvgIpc) is 2.45. The van der Waals surface area contributed by atoms with Crippen molar-refractivity contribution in [1.82, 2.24) is 4.68 Å². The Hall–Kier alpha value is -2.40. The summed E-state index contributed by atoms with van der Waals surface area (Å²) in [7, 11) is 0. The van der Waals surface area contributed by atoms with Crippen molar-refractivity contribution in [3.63, 3.8) is 0 Å². The lowest BCUT2D eigenvalue weighted by Gasteiger charge is -2.09. The van der Waals surface area contributed by atoms with Gasteiger partial charge in [0.25, 0.3) is 10.4 Å². The number of aromatic nitrogens is 1. The molecule has 0 fully saturated rings. The number of fused-ring (bicyclic) bond motifs is 1. The van der Waals surface area contributed by atoms with Crippen LogP contribution in [0, 0.1) is 4.84 Å². The first kappa shape index (κ1) is 11.7. The van der Waals surface area contributed by atoms with Gasteiger partial charge in [-0.05, 0) is 36.5 Å². The van der Waals surface area contributed by atoms with Gasteiger partial charge in [-0.2, -0.15) is 4.68 Å². The first-order valence-corrected chi connectivity index (χ1v) is 6.13. The minimum absolute atomic E-state index is 0.0903. The first-order chi connectivity index (χ1) is 9.25. The zero-order chi connectivity index (χ0) is 13.2. The summed E-state index contributed by atoms with van der Waals surface area (Å²) in [5, 5.41) is 0.486. The van der Waals surface area contributed by atoms with Gasteiger partial charge in [-0.25, -0.2) is 0 Å². The van der Waals surface area contributed by atoms with Gasteiger partial charge in [-0.3, -0.25) is 10.2 Å². The number of anilines is 1. The number of hydrogen-bond acceptors (Lipinski definition) is 4. The van der Waals surface area contributed by atoms with Gasteiger partial charge in [0, 0.05) is 0 Å². The summed E-state index contributed by atoms with van der Waals surface area (Å²) in [6.07, 6.45) is 0. The summed E-state index contributed by atoms with van der Waals surface area (Å²) in [4.78, 5) is 12.4. The molecule has 0 atom stereocenters. The van der Waals surface area contributed by atoms with E-state index in [1.54, 1.807) is 24.3 Å². The van der Waals surface area contributed by atoms with Crippen molar-refractivity contribution in [2.75, 3.05) is 5.43 Å². The van der Waals surface area contributed by atoms with E-state index in [4.69, 9.17) is 16.6 Å². The van der Waals surface area contributed by atoms with Gasteiger partial charge >= 0.3 is 0 Å². The van der Waals surface area contributed by atoms with Crippen LogP contribution in [0.2, 0.25) is 0 Å². The maximum absolute atomic E-state index is 12.3. The molecule has 3 rings (SSSR count). The number of benzene rings is 2. The molecule has 1 aromatic heterocycles. The molecule has 3 aromatic rings. The molecule has 94 valence electrons. The lowest BCUT2D eigenvalue weighted by Crippen LogP contribution is -2.26. The van der Waals surface area contributed by atoms with Crippen molar-refractivity contribution in [3.05, 3.63) is 69.8 Å². The molecule has 1 N–H and O–H groups in total. The first-order valence-electron chi connectivity index (χ1n) is 5.73. The van der Waals surface area contributed by atoms with Gasteiger partial charge in [0.15, 0.2) is 0 Å². The van der Waals surface area contributed by atoms with Crippen LogP contribution in [0.1, 0.15) is 0 Å². The smallest absolute Gasteiger partial charge is 0.291 e. The topological polar surface area (TPSA) is 47.2 Å². The Kier molecular flexibility index (Phi) is 2.89. The van der Waals surface area contributed by atoms with Crippen LogP contribution in [0.5, 0.6) is 0 Å². The Balaban J connectivity index is 2.19. The van der Waals surface area contributed by atoms with E-state index >= 15 is 0 Å². The molecular formula is C14H10N2O2S. The second kappa shape index (κ2) is 4.70. The van der Waals surface area contributed by atoms with Crippen molar-refractivity contribution < 1.29 is 4.42 Å². The highest BCUT2D eigenvalue weighted by Gasteiger charge is 2.06. The molecule has 5 heteroatoms. The van der Waals surface area contributed by atoms with Crippen molar-refractivity contribution in [2.24, 2.45) is 0 Å². The van der Waals surface area contributed by atoms with Crippen molar-refractivity contribution in [2.45, 2.75) is 0 Å². The lowest BCUT2D eigenvalue weighted by atomic mass is 10.2. The van der Waals surface area contributed by atoms with Gasteiger partial charge in [-0.1, -0.05) is 30.3 Å². The fourth-order valence-electron chi connectivity index (χ4n) is 1.81. The summed E-state index contributed by atoms with van der Waals surface area (Å²) in [6, 6.07) is 16.3. The van der Waals surface area contributed by atoms with Crippen LogP contribution in [0.3, 0.4) is 0 Å². The van der Waals surface area contributed by atoms with E-state index in [9.17, 15) is 4.79 Å². The summed E-state index contributed by atoms with van der Waals surface area (Å²) < 4.78 is 6.69. The zero-order valence-electron chi connectivity index (χ0n) is 9.87. The molecule has 0 aliphatic rings. The molecule has 0 amide bonds. The highest BCUT2D eigenvalue weighted by molar-refractivity contribution is 7.71. The molecule has 0 aliphatic carbocycles. The standard InChI is InChI=1S/C14H10N2O2S/c17-13-11-8-4-5-9-12(11)18-14(19)16(13)15-10-6-2-1-3-7-10/h1-9,15H. The molecule has 0 saturated heterocycles. The Morgan fingerprint density at radius 1 is 1.00 bits per heavy atom. The van der Waals surface area contributed by atoms with E-state index in [2.05, 4.69) is 5.43 Å².